The molecule has 0 radical (unpaired) electrons. The number of ether oxygens (including phenoxy) is 1. The third-order valence-corrected chi connectivity index (χ3v) is 9.76. The van der Waals surface area contributed by atoms with E-state index < -0.39 is 0 Å². The molecule has 0 aromatic carbocycles. The van der Waals surface area contributed by atoms with E-state index >= 15 is 0 Å². The summed E-state index contributed by atoms with van der Waals surface area (Å²) in [5.74, 6) is 3.25. The molecule has 2 fully saturated rings. The minimum Gasteiger partial charge on any atom is -0.462 e. The molecule has 0 bridgehead atoms. The molecule has 0 saturated heterocycles. The maximum absolute atomic E-state index is 11.5. The highest BCUT2D eigenvalue weighted by atomic mass is 16.5. The van der Waals surface area contributed by atoms with Crippen LogP contribution in [0.4, 0.5) is 0 Å². The Labute approximate surface area is 196 Å². The molecule has 0 unspecified atom stereocenters. The van der Waals surface area contributed by atoms with Gasteiger partial charge in [-0.1, -0.05) is 77.5 Å². The molecule has 0 N–H and O–H groups in total. The quantitative estimate of drug-likeness (QED) is 0.324. The van der Waals surface area contributed by atoms with Crippen molar-refractivity contribution in [3.8, 4) is 0 Å². The topological polar surface area (TPSA) is 26.3 Å². The molecule has 2 heteroatoms. The van der Waals surface area contributed by atoms with Crippen LogP contribution >= 0.6 is 0 Å². The van der Waals surface area contributed by atoms with Gasteiger partial charge in [-0.05, 0) is 78.3 Å². The minimum absolute atomic E-state index is 0.0490. The predicted octanol–water partition coefficient (Wildman–Crippen LogP) is 7.82. The summed E-state index contributed by atoms with van der Waals surface area (Å²) in [7, 11) is 0. The first-order valence-electron chi connectivity index (χ1n) is 13.0. The summed E-state index contributed by atoms with van der Waals surface area (Å²) >= 11 is 0. The van der Waals surface area contributed by atoms with Gasteiger partial charge in [0, 0.05) is 18.8 Å². The first kappa shape index (κ1) is 23.6. The van der Waals surface area contributed by atoms with Crippen LogP contribution in [-0.2, 0) is 9.53 Å². The average molecular weight is 437 g/mol. The molecule has 4 aliphatic carbocycles. The van der Waals surface area contributed by atoms with Gasteiger partial charge in [0.15, 0.2) is 0 Å². The van der Waals surface area contributed by atoms with Crippen molar-refractivity contribution in [2.75, 3.05) is 0 Å². The molecule has 32 heavy (non-hydrogen) atoms. The third-order valence-electron chi connectivity index (χ3n) is 9.76. The zero-order valence-corrected chi connectivity index (χ0v) is 21.4. The van der Waals surface area contributed by atoms with E-state index in [0.29, 0.717) is 29.1 Å². The molecule has 0 heterocycles. The number of carbonyl (C=O) groups is 1. The molecule has 0 spiro atoms. The van der Waals surface area contributed by atoms with Gasteiger partial charge >= 0.3 is 5.97 Å². The summed E-state index contributed by atoms with van der Waals surface area (Å²) in [6, 6.07) is 0. The van der Waals surface area contributed by atoms with Gasteiger partial charge in [0.2, 0.25) is 0 Å². The third kappa shape index (κ3) is 3.97. The number of hydrogen-bond acceptors (Lipinski definition) is 2. The van der Waals surface area contributed by atoms with E-state index in [1.165, 1.54) is 31.8 Å². The van der Waals surface area contributed by atoms with Gasteiger partial charge in [0.25, 0.3) is 0 Å². The van der Waals surface area contributed by atoms with Crippen molar-refractivity contribution in [2.24, 2.45) is 40.4 Å². The van der Waals surface area contributed by atoms with Crippen LogP contribution in [0.1, 0.15) is 87.0 Å². The Bertz CT molecular complexity index is 871. The van der Waals surface area contributed by atoms with E-state index in [1.54, 1.807) is 11.1 Å². The van der Waals surface area contributed by atoms with Crippen molar-refractivity contribution < 1.29 is 9.53 Å². The van der Waals surface area contributed by atoms with Crippen LogP contribution in [0, 0.1) is 40.4 Å². The first-order valence-corrected chi connectivity index (χ1v) is 13.0. The molecule has 0 aromatic rings. The van der Waals surface area contributed by atoms with Crippen LogP contribution in [-0.4, -0.2) is 12.1 Å². The van der Waals surface area contributed by atoms with E-state index in [4.69, 9.17) is 4.74 Å². The molecular formula is C30H44O2. The van der Waals surface area contributed by atoms with Crippen molar-refractivity contribution in [1.29, 1.82) is 0 Å². The number of rotatable bonds is 5. The Kier molecular flexibility index (Phi) is 6.38. The Morgan fingerprint density at radius 1 is 1.09 bits per heavy atom. The minimum atomic E-state index is -0.151. The highest BCUT2D eigenvalue weighted by Crippen LogP contribution is 2.64. The van der Waals surface area contributed by atoms with Crippen LogP contribution in [0.2, 0.25) is 0 Å². The van der Waals surface area contributed by atoms with Crippen LogP contribution in [0.25, 0.3) is 0 Å². The fourth-order valence-corrected chi connectivity index (χ4v) is 7.28. The maximum Gasteiger partial charge on any atom is 0.302 e. The summed E-state index contributed by atoms with van der Waals surface area (Å²) < 4.78 is 5.58. The van der Waals surface area contributed by atoms with Crippen molar-refractivity contribution in [3.05, 3.63) is 47.1 Å². The second kappa shape index (κ2) is 8.65. The van der Waals surface area contributed by atoms with Crippen LogP contribution < -0.4 is 0 Å². The summed E-state index contributed by atoms with van der Waals surface area (Å²) in [5.41, 5.74) is 5.15. The van der Waals surface area contributed by atoms with E-state index in [1.807, 2.05) is 0 Å². The summed E-state index contributed by atoms with van der Waals surface area (Å²) in [4.78, 5) is 11.5. The molecular weight excluding hydrogens is 392 g/mol. The lowest BCUT2D eigenvalue weighted by atomic mass is 9.54. The zero-order chi connectivity index (χ0) is 23.3. The van der Waals surface area contributed by atoms with Gasteiger partial charge in [0.1, 0.15) is 6.10 Å². The van der Waals surface area contributed by atoms with Gasteiger partial charge in [-0.3, -0.25) is 4.79 Å². The van der Waals surface area contributed by atoms with Gasteiger partial charge in [-0.15, -0.1) is 0 Å². The maximum atomic E-state index is 11.5. The number of carbonyl (C=O) groups excluding carboxylic acids is 1. The Morgan fingerprint density at radius 2 is 1.84 bits per heavy atom. The Balaban J connectivity index is 1.57. The molecule has 0 aliphatic heterocycles. The van der Waals surface area contributed by atoms with Crippen LogP contribution in [0.3, 0.4) is 0 Å². The van der Waals surface area contributed by atoms with Gasteiger partial charge in [-0.2, -0.15) is 0 Å². The van der Waals surface area contributed by atoms with Gasteiger partial charge in [0.05, 0.1) is 0 Å². The predicted molar refractivity (Wildman–Crippen MR) is 133 cm³/mol. The molecule has 4 aliphatic rings. The standard InChI is InChI=1S/C30H44O2/c1-19(2)20(3)8-9-21(4)26-12-13-27-25-11-10-23-18-24(32-22(5)31)14-16-29(23,6)28(25)15-17-30(26,27)7/h8-11,15,19-21,24,26-27H,12-14,16-18H2,1-7H3/b9-8+/t20-,21+,24+,26-,27+,29+,30-/m0/s1. The van der Waals surface area contributed by atoms with Gasteiger partial charge < -0.3 is 4.74 Å². The highest BCUT2D eigenvalue weighted by molar-refractivity contribution is 5.66. The zero-order valence-electron chi connectivity index (χ0n) is 21.4. The molecule has 7 atom stereocenters. The number of esters is 1. The van der Waals surface area contributed by atoms with Crippen LogP contribution in [0.15, 0.2) is 47.1 Å². The smallest absolute Gasteiger partial charge is 0.302 e. The molecule has 4 rings (SSSR count). The molecule has 176 valence electrons. The van der Waals surface area contributed by atoms with Crippen molar-refractivity contribution in [3.63, 3.8) is 0 Å². The van der Waals surface area contributed by atoms with E-state index in [2.05, 4.69) is 71.9 Å². The lowest BCUT2D eigenvalue weighted by Crippen LogP contribution is -2.41. The van der Waals surface area contributed by atoms with Crippen molar-refractivity contribution >= 4 is 5.97 Å². The van der Waals surface area contributed by atoms with E-state index in [0.717, 1.165) is 25.2 Å². The van der Waals surface area contributed by atoms with E-state index in [-0.39, 0.29) is 17.5 Å². The molecule has 0 amide bonds. The van der Waals surface area contributed by atoms with E-state index in [9.17, 15) is 4.79 Å². The lowest BCUT2D eigenvalue weighted by Gasteiger charge is -2.50. The fourth-order valence-electron chi connectivity index (χ4n) is 7.28. The highest BCUT2D eigenvalue weighted by Gasteiger charge is 2.54. The molecule has 0 aromatic heterocycles. The normalized spacial score (nSPS) is 38.2. The second-order valence-electron chi connectivity index (χ2n) is 12.0. The molecule has 2 nitrogen and oxygen atoms in total. The summed E-state index contributed by atoms with van der Waals surface area (Å²) in [5, 5.41) is 0. The average Bonchev–Trinajstić information content (AvgIpc) is 3.08. The Hall–Kier alpha value is -1.57. The number of hydrogen-bond donors (Lipinski definition) is 0. The SMILES string of the molecule is CC(=O)O[C@@H]1CC[C@]2(C)C(=CC=C3C2=CC[C@]2(C)[C@@H]3CC[C@H]2[C@H](C)/C=C/[C@H](C)C(C)C)C1. The monoisotopic (exact) mass is 436 g/mol. The van der Waals surface area contributed by atoms with Crippen molar-refractivity contribution in [1.82, 2.24) is 0 Å². The largest absolute Gasteiger partial charge is 0.462 e. The second-order valence-corrected chi connectivity index (χ2v) is 12.0. The van der Waals surface area contributed by atoms with Crippen LogP contribution in [0.5, 0.6) is 0 Å². The Morgan fingerprint density at radius 3 is 2.53 bits per heavy atom. The summed E-state index contributed by atoms with van der Waals surface area (Å²) in [6.45, 7) is 16.0. The number of allylic oxidation sites excluding steroid dienone is 7. The number of fused-ring (bicyclic) bond motifs is 5. The van der Waals surface area contributed by atoms with Gasteiger partial charge in [-0.25, -0.2) is 0 Å². The van der Waals surface area contributed by atoms with Crippen molar-refractivity contribution in [2.45, 2.75) is 93.1 Å². The summed E-state index contributed by atoms with van der Waals surface area (Å²) in [6.07, 6.45) is 19.2. The lowest BCUT2D eigenvalue weighted by molar-refractivity contribution is -0.147. The molecule has 2 saturated carbocycles. The first-order chi connectivity index (χ1) is 15.1. The fraction of sp³-hybridized carbons (Fsp3) is 0.700.